The minimum Gasteiger partial charge on any atom is -0.368 e. The summed E-state index contributed by atoms with van der Waals surface area (Å²) >= 11 is 6.21. The van der Waals surface area contributed by atoms with E-state index in [9.17, 15) is 4.79 Å². The summed E-state index contributed by atoms with van der Waals surface area (Å²) in [6, 6.07) is 15.9. The van der Waals surface area contributed by atoms with Crippen molar-refractivity contribution >= 4 is 23.2 Å². The fourth-order valence-electron chi connectivity index (χ4n) is 3.02. The van der Waals surface area contributed by atoms with Crippen molar-refractivity contribution in [1.82, 2.24) is 4.90 Å². The molecule has 0 spiro atoms. The Morgan fingerprint density at radius 2 is 1.70 bits per heavy atom. The van der Waals surface area contributed by atoms with Gasteiger partial charge in [0.25, 0.3) is 0 Å². The Bertz CT molecular complexity index is 679. The number of amides is 1. The van der Waals surface area contributed by atoms with E-state index in [1.165, 1.54) is 5.69 Å². The minimum absolute atomic E-state index is 0.207. The summed E-state index contributed by atoms with van der Waals surface area (Å²) in [6.07, 6.45) is 0.483. The first-order chi connectivity index (χ1) is 11.1. The molecular formula is C19H21ClN2O. The van der Waals surface area contributed by atoms with Crippen LogP contribution in [0, 0.1) is 6.92 Å². The van der Waals surface area contributed by atoms with Gasteiger partial charge in [-0.1, -0.05) is 48.0 Å². The molecule has 3 rings (SSSR count). The molecule has 1 aliphatic heterocycles. The van der Waals surface area contributed by atoms with Crippen LogP contribution in [0.3, 0.4) is 0 Å². The summed E-state index contributed by atoms with van der Waals surface area (Å²) in [5.74, 6) is 0.207. The molecule has 1 aliphatic rings. The van der Waals surface area contributed by atoms with Crippen LogP contribution in [0.2, 0.25) is 5.02 Å². The zero-order chi connectivity index (χ0) is 16.2. The second kappa shape index (κ2) is 7.05. The second-order valence-corrected chi connectivity index (χ2v) is 6.32. The molecule has 0 atom stereocenters. The number of piperazine rings is 1. The molecule has 1 saturated heterocycles. The number of hydrogen-bond acceptors (Lipinski definition) is 2. The quantitative estimate of drug-likeness (QED) is 0.860. The van der Waals surface area contributed by atoms with Gasteiger partial charge in [-0.15, -0.1) is 0 Å². The molecule has 1 fully saturated rings. The Morgan fingerprint density at radius 1 is 1.00 bits per heavy atom. The summed E-state index contributed by atoms with van der Waals surface area (Å²) < 4.78 is 0. The van der Waals surface area contributed by atoms with Gasteiger partial charge in [0, 0.05) is 36.9 Å². The van der Waals surface area contributed by atoms with E-state index < -0.39 is 0 Å². The van der Waals surface area contributed by atoms with Gasteiger partial charge in [0.1, 0.15) is 0 Å². The van der Waals surface area contributed by atoms with E-state index in [0.717, 1.165) is 42.3 Å². The van der Waals surface area contributed by atoms with Crippen LogP contribution in [0.25, 0.3) is 0 Å². The van der Waals surface area contributed by atoms with Crippen molar-refractivity contribution in [3.63, 3.8) is 0 Å². The molecule has 0 aliphatic carbocycles. The normalized spacial score (nSPS) is 14.9. The fraction of sp³-hybridized carbons (Fsp3) is 0.316. The monoisotopic (exact) mass is 328 g/mol. The third kappa shape index (κ3) is 3.67. The van der Waals surface area contributed by atoms with Crippen LogP contribution in [-0.2, 0) is 11.2 Å². The van der Waals surface area contributed by atoms with E-state index in [1.807, 2.05) is 54.3 Å². The lowest BCUT2D eigenvalue weighted by Gasteiger charge is -2.37. The van der Waals surface area contributed by atoms with E-state index in [2.05, 4.69) is 11.0 Å². The first-order valence-electron chi connectivity index (χ1n) is 7.97. The van der Waals surface area contributed by atoms with Gasteiger partial charge in [-0.2, -0.15) is 0 Å². The van der Waals surface area contributed by atoms with Crippen LogP contribution in [0.4, 0.5) is 5.69 Å². The third-order valence-electron chi connectivity index (χ3n) is 4.41. The summed E-state index contributed by atoms with van der Waals surface area (Å²) in [7, 11) is 0. The topological polar surface area (TPSA) is 23.6 Å². The Balaban J connectivity index is 1.60. The first-order valence-corrected chi connectivity index (χ1v) is 8.35. The highest BCUT2D eigenvalue weighted by molar-refractivity contribution is 6.31. The summed E-state index contributed by atoms with van der Waals surface area (Å²) in [6.45, 7) is 5.27. The van der Waals surface area contributed by atoms with Crippen molar-refractivity contribution in [3.8, 4) is 0 Å². The van der Waals surface area contributed by atoms with E-state index in [4.69, 9.17) is 11.6 Å². The number of halogens is 1. The van der Waals surface area contributed by atoms with E-state index in [-0.39, 0.29) is 5.91 Å². The molecule has 0 radical (unpaired) electrons. The Labute approximate surface area is 142 Å². The summed E-state index contributed by atoms with van der Waals surface area (Å²) in [5.41, 5.74) is 3.36. The third-order valence-corrected chi connectivity index (χ3v) is 4.82. The molecule has 0 saturated carbocycles. The number of carbonyl (C=O) groups excluding carboxylic acids is 1. The van der Waals surface area contributed by atoms with E-state index >= 15 is 0 Å². The Hall–Kier alpha value is -2.00. The lowest BCUT2D eigenvalue weighted by molar-refractivity contribution is -0.130. The molecule has 0 N–H and O–H groups in total. The average Bonchev–Trinajstić information content (AvgIpc) is 2.58. The molecule has 0 unspecified atom stereocenters. The zero-order valence-corrected chi connectivity index (χ0v) is 14.1. The molecule has 4 heteroatoms. The standard InChI is InChI=1S/C19H21ClN2O/c1-15-17(20)8-5-9-18(15)21-10-12-22(13-11-21)19(23)14-16-6-3-2-4-7-16/h2-9H,10-14H2,1H3. The number of hydrogen-bond donors (Lipinski definition) is 0. The van der Waals surface area contributed by atoms with Gasteiger partial charge in [0.05, 0.1) is 6.42 Å². The number of nitrogens with zero attached hydrogens (tertiary/aromatic N) is 2. The van der Waals surface area contributed by atoms with Gasteiger partial charge < -0.3 is 9.80 Å². The lowest BCUT2D eigenvalue weighted by atomic mass is 10.1. The fourth-order valence-corrected chi connectivity index (χ4v) is 3.19. The van der Waals surface area contributed by atoms with Gasteiger partial charge in [0.15, 0.2) is 0 Å². The Morgan fingerprint density at radius 3 is 2.39 bits per heavy atom. The molecular weight excluding hydrogens is 308 g/mol. The highest BCUT2D eigenvalue weighted by Crippen LogP contribution is 2.27. The van der Waals surface area contributed by atoms with Crippen LogP contribution in [-0.4, -0.2) is 37.0 Å². The lowest BCUT2D eigenvalue weighted by Crippen LogP contribution is -2.49. The molecule has 1 heterocycles. The minimum atomic E-state index is 0.207. The van der Waals surface area contributed by atoms with Gasteiger partial charge >= 0.3 is 0 Å². The molecule has 2 aromatic rings. The summed E-state index contributed by atoms with van der Waals surface area (Å²) in [4.78, 5) is 16.7. The largest absolute Gasteiger partial charge is 0.368 e. The number of benzene rings is 2. The maximum absolute atomic E-state index is 12.4. The average molecular weight is 329 g/mol. The smallest absolute Gasteiger partial charge is 0.227 e. The van der Waals surface area contributed by atoms with Crippen LogP contribution >= 0.6 is 11.6 Å². The zero-order valence-electron chi connectivity index (χ0n) is 13.3. The van der Waals surface area contributed by atoms with E-state index in [1.54, 1.807) is 0 Å². The second-order valence-electron chi connectivity index (χ2n) is 5.91. The molecule has 120 valence electrons. The van der Waals surface area contributed by atoms with Crippen molar-refractivity contribution in [2.45, 2.75) is 13.3 Å². The van der Waals surface area contributed by atoms with Crippen LogP contribution < -0.4 is 4.90 Å². The van der Waals surface area contributed by atoms with Crippen LogP contribution in [0.5, 0.6) is 0 Å². The molecule has 0 aromatic heterocycles. The maximum atomic E-state index is 12.4. The van der Waals surface area contributed by atoms with Crippen molar-refractivity contribution in [3.05, 3.63) is 64.7 Å². The highest BCUT2D eigenvalue weighted by Gasteiger charge is 2.22. The number of anilines is 1. The van der Waals surface area contributed by atoms with Crippen molar-refractivity contribution in [2.75, 3.05) is 31.1 Å². The van der Waals surface area contributed by atoms with Crippen LogP contribution in [0.1, 0.15) is 11.1 Å². The molecule has 23 heavy (non-hydrogen) atoms. The molecule has 0 bridgehead atoms. The van der Waals surface area contributed by atoms with Crippen LogP contribution in [0.15, 0.2) is 48.5 Å². The van der Waals surface area contributed by atoms with Gasteiger partial charge in [-0.25, -0.2) is 0 Å². The predicted octanol–water partition coefficient (Wildman–Crippen LogP) is 3.54. The SMILES string of the molecule is Cc1c(Cl)cccc1N1CCN(C(=O)Cc2ccccc2)CC1. The molecule has 2 aromatic carbocycles. The highest BCUT2D eigenvalue weighted by atomic mass is 35.5. The predicted molar refractivity (Wildman–Crippen MR) is 95.1 cm³/mol. The summed E-state index contributed by atoms with van der Waals surface area (Å²) in [5, 5.41) is 0.796. The van der Waals surface area contributed by atoms with Crippen molar-refractivity contribution < 1.29 is 4.79 Å². The number of carbonyl (C=O) groups is 1. The van der Waals surface area contributed by atoms with Crippen molar-refractivity contribution in [1.29, 1.82) is 0 Å². The van der Waals surface area contributed by atoms with E-state index in [0.29, 0.717) is 6.42 Å². The Kier molecular flexibility index (Phi) is 4.87. The molecule has 1 amide bonds. The van der Waals surface area contributed by atoms with Gasteiger partial charge in [-0.3, -0.25) is 4.79 Å². The first kappa shape index (κ1) is 15.9. The molecule has 3 nitrogen and oxygen atoms in total. The maximum Gasteiger partial charge on any atom is 0.227 e. The van der Waals surface area contributed by atoms with Gasteiger partial charge in [-0.05, 0) is 30.2 Å². The van der Waals surface area contributed by atoms with Gasteiger partial charge in [0.2, 0.25) is 5.91 Å². The van der Waals surface area contributed by atoms with Crippen molar-refractivity contribution in [2.24, 2.45) is 0 Å². The number of rotatable bonds is 3.